The monoisotopic (exact) mass is 280 g/mol. The van der Waals surface area contributed by atoms with Gasteiger partial charge in [0.05, 0.1) is 19.1 Å². The second-order valence-electron chi connectivity index (χ2n) is 5.61. The zero-order valence-electron chi connectivity index (χ0n) is 11.8. The number of carbonyl (C=O) groups is 1. The first-order valence-corrected chi connectivity index (χ1v) is 7.18. The van der Waals surface area contributed by atoms with E-state index in [1.54, 1.807) is 0 Å². The molecule has 0 N–H and O–H groups in total. The van der Waals surface area contributed by atoms with Crippen molar-refractivity contribution in [1.82, 2.24) is 0 Å². The van der Waals surface area contributed by atoms with Crippen LogP contribution in [-0.4, -0.2) is 13.1 Å². The summed E-state index contributed by atoms with van der Waals surface area (Å²) in [5.74, 6) is -0.486. The van der Waals surface area contributed by atoms with Crippen LogP contribution in [-0.2, 0) is 19.9 Å². The van der Waals surface area contributed by atoms with Crippen molar-refractivity contribution in [3.63, 3.8) is 0 Å². The average Bonchev–Trinajstić information content (AvgIpc) is 3.11. The molecule has 3 heteroatoms. The number of esters is 1. The Hall–Kier alpha value is -2.13. The number of rotatable bonds is 2. The van der Waals surface area contributed by atoms with Crippen LogP contribution in [0.1, 0.15) is 29.2 Å². The summed E-state index contributed by atoms with van der Waals surface area (Å²) in [5.41, 5.74) is 2.62. The van der Waals surface area contributed by atoms with E-state index in [1.165, 1.54) is 12.7 Å². The van der Waals surface area contributed by atoms with Gasteiger partial charge in [0.1, 0.15) is 5.60 Å². The molecule has 2 aromatic carbocycles. The van der Waals surface area contributed by atoms with Gasteiger partial charge in [0.25, 0.3) is 0 Å². The van der Waals surface area contributed by atoms with Gasteiger partial charge in [-0.25, -0.2) is 0 Å². The van der Waals surface area contributed by atoms with Gasteiger partial charge in [-0.05, 0) is 23.1 Å². The molecule has 2 aromatic rings. The Morgan fingerprint density at radius 2 is 1.86 bits per heavy atom. The van der Waals surface area contributed by atoms with Gasteiger partial charge in [0.2, 0.25) is 0 Å². The summed E-state index contributed by atoms with van der Waals surface area (Å²) in [6, 6.07) is 18.2. The Morgan fingerprint density at radius 1 is 1.14 bits per heavy atom. The molecule has 0 aromatic heterocycles. The molecular formula is C18H16O3. The Bertz CT molecular complexity index is 695. The summed E-state index contributed by atoms with van der Waals surface area (Å²) in [6.07, 6.45) is 0.656. The molecule has 0 aliphatic carbocycles. The van der Waals surface area contributed by atoms with Gasteiger partial charge >= 0.3 is 5.97 Å². The zero-order valence-corrected chi connectivity index (χ0v) is 11.8. The number of fused-ring (bicyclic) bond motifs is 5. The molecule has 0 spiro atoms. The fraction of sp³-hybridized carbons (Fsp3) is 0.278. The second-order valence-corrected chi connectivity index (χ2v) is 5.61. The van der Waals surface area contributed by atoms with Crippen molar-refractivity contribution in [2.24, 2.45) is 5.92 Å². The highest BCUT2D eigenvalue weighted by Crippen LogP contribution is 2.60. The quantitative estimate of drug-likeness (QED) is 0.792. The number of hydrogen-bond acceptors (Lipinski definition) is 3. The molecule has 2 bridgehead atoms. The predicted molar refractivity (Wildman–Crippen MR) is 77.6 cm³/mol. The van der Waals surface area contributed by atoms with Crippen LogP contribution >= 0.6 is 0 Å². The van der Waals surface area contributed by atoms with E-state index in [1.807, 2.05) is 42.5 Å². The van der Waals surface area contributed by atoms with Gasteiger partial charge < -0.3 is 9.47 Å². The van der Waals surface area contributed by atoms with Crippen LogP contribution < -0.4 is 0 Å². The van der Waals surface area contributed by atoms with Gasteiger partial charge in [-0.2, -0.15) is 0 Å². The van der Waals surface area contributed by atoms with Crippen LogP contribution in [0.2, 0.25) is 0 Å². The van der Waals surface area contributed by atoms with Gasteiger partial charge in [-0.3, -0.25) is 4.79 Å². The topological polar surface area (TPSA) is 35.5 Å². The Labute approximate surface area is 123 Å². The lowest BCUT2D eigenvalue weighted by molar-refractivity contribution is -0.150. The normalized spacial score (nSPS) is 29.2. The molecule has 2 heterocycles. The highest BCUT2D eigenvalue weighted by Gasteiger charge is 2.60. The minimum Gasteiger partial charge on any atom is -0.469 e. The van der Waals surface area contributed by atoms with E-state index < -0.39 is 5.60 Å². The van der Waals surface area contributed by atoms with Crippen LogP contribution in [0.4, 0.5) is 0 Å². The van der Waals surface area contributed by atoms with Crippen molar-refractivity contribution in [2.75, 3.05) is 7.11 Å². The molecule has 0 saturated carbocycles. The van der Waals surface area contributed by atoms with Crippen molar-refractivity contribution in [3.05, 3.63) is 71.3 Å². The number of ether oxygens (including phenoxy) is 2. The highest BCUT2D eigenvalue weighted by molar-refractivity contribution is 5.77. The van der Waals surface area contributed by atoms with E-state index in [0.29, 0.717) is 6.42 Å². The molecular weight excluding hydrogens is 264 g/mol. The number of benzene rings is 2. The molecule has 3 atom stereocenters. The number of methoxy groups -OCH3 is 1. The molecule has 2 aliphatic rings. The first kappa shape index (κ1) is 12.6. The molecule has 1 saturated heterocycles. The third kappa shape index (κ3) is 1.55. The van der Waals surface area contributed by atoms with Crippen LogP contribution in [0.5, 0.6) is 0 Å². The van der Waals surface area contributed by atoms with Crippen molar-refractivity contribution in [1.29, 1.82) is 0 Å². The molecule has 1 fully saturated rings. The summed E-state index contributed by atoms with van der Waals surface area (Å²) in [7, 11) is 1.44. The standard InChI is InChI=1S/C18H16O3/c1-20-17(19)15-11-16-13-9-5-6-10-14(13)18(15,21-16)12-7-3-2-4-8-12/h2-10,15-16H,11H2,1H3/t15-,16-,18-/m0/s1. The molecule has 3 nitrogen and oxygen atoms in total. The Balaban J connectivity index is 1.96. The van der Waals surface area contributed by atoms with Crippen LogP contribution in [0.25, 0.3) is 0 Å². The van der Waals surface area contributed by atoms with E-state index >= 15 is 0 Å². The van der Waals surface area contributed by atoms with E-state index in [2.05, 4.69) is 12.1 Å². The van der Waals surface area contributed by atoms with Gasteiger partial charge in [0, 0.05) is 0 Å². The fourth-order valence-electron chi connectivity index (χ4n) is 3.81. The minimum atomic E-state index is -0.699. The molecule has 0 radical (unpaired) electrons. The van der Waals surface area contributed by atoms with Crippen LogP contribution in [0, 0.1) is 5.92 Å². The van der Waals surface area contributed by atoms with Crippen molar-refractivity contribution < 1.29 is 14.3 Å². The summed E-state index contributed by atoms with van der Waals surface area (Å²) < 4.78 is 11.4. The lowest BCUT2D eigenvalue weighted by Crippen LogP contribution is -2.38. The maximum absolute atomic E-state index is 12.3. The largest absolute Gasteiger partial charge is 0.469 e. The van der Waals surface area contributed by atoms with E-state index in [4.69, 9.17) is 9.47 Å². The van der Waals surface area contributed by atoms with Crippen LogP contribution in [0.3, 0.4) is 0 Å². The van der Waals surface area contributed by atoms with E-state index in [-0.39, 0.29) is 18.0 Å². The molecule has 21 heavy (non-hydrogen) atoms. The number of hydrogen-bond donors (Lipinski definition) is 0. The smallest absolute Gasteiger partial charge is 0.312 e. The first-order valence-electron chi connectivity index (χ1n) is 7.18. The maximum Gasteiger partial charge on any atom is 0.312 e. The zero-order chi connectivity index (χ0) is 14.4. The molecule has 4 rings (SSSR count). The fourth-order valence-corrected chi connectivity index (χ4v) is 3.81. The summed E-state index contributed by atoms with van der Waals surface area (Å²) in [4.78, 5) is 12.3. The summed E-state index contributed by atoms with van der Waals surface area (Å²) in [6.45, 7) is 0. The van der Waals surface area contributed by atoms with Crippen LogP contribution in [0.15, 0.2) is 54.6 Å². The van der Waals surface area contributed by atoms with Crippen molar-refractivity contribution >= 4 is 5.97 Å². The van der Waals surface area contributed by atoms with Gasteiger partial charge in [-0.15, -0.1) is 0 Å². The lowest BCUT2D eigenvalue weighted by Gasteiger charge is -2.33. The summed E-state index contributed by atoms with van der Waals surface area (Å²) in [5, 5.41) is 0. The summed E-state index contributed by atoms with van der Waals surface area (Å²) >= 11 is 0. The Kier molecular flexibility index (Phi) is 2.66. The number of carbonyl (C=O) groups excluding carboxylic acids is 1. The third-order valence-electron chi connectivity index (χ3n) is 4.66. The third-order valence-corrected chi connectivity index (χ3v) is 4.66. The molecule has 106 valence electrons. The highest BCUT2D eigenvalue weighted by atomic mass is 16.5. The predicted octanol–water partition coefficient (Wildman–Crippen LogP) is 3.19. The van der Waals surface area contributed by atoms with Gasteiger partial charge in [0.15, 0.2) is 0 Å². The first-order chi connectivity index (χ1) is 10.3. The maximum atomic E-state index is 12.3. The van der Waals surface area contributed by atoms with Crippen molar-refractivity contribution in [2.45, 2.75) is 18.1 Å². The van der Waals surface area contributed by atoms with E-state index in [9.17, 15) is 4.79 Å². The van der Waals surface area contributed by atoms with Gasteiger partial charge in [-0.1, -0.05) is 54.6 Å². The van der Waals surface area contributed by atoms with E-state index in [0.717, 1.165) is 11.1 Å². The second kappa shape index (κ2) is 4.43. The minimum absolute atomic E-state index is 0.0227. The Morgan fingerprint density at radius 3 is 2.62 bits per heavy atom. The SMILES string of the molecule is COC(=O)[C@@H]1C[C@@H]2O[C@@]1(c1ccccc1)c1ccccc12. The lowest BCUT2D eigenvalue weighted by atomic mass is 9.71. The molecule has 0 amide bonds. The molecule has 0 unspecified atom stereocenters. The average molecular weight is 280 g/mol. The van der Waals surface area contributed by atoms with Crippen molar-refractivity contribution in [3.8, 4) is 0 Å². The molecule has 2 aliphatic heterocycles.